The zero-order valence-electron chi connectivity index (χ0n) is 14.2. The summed E-state index contributed by atoms with van der Waals surface area (Å²) >= 11 is 12.1. The van der Waals surface area contributed by atoms with Crippen molar-refractivity contribution in [3.8, 4) is 0 Å². The summed E-state index contributed by atoms with van der Waals surface area (Å²) in [5.74, 6) is -0.210. The molecule has 0 radical (unpaired) electrons. The molecule has 3 rings (SSSR count). The maximum atomic E-state index is 12.3. The van der Waals surface area contributed by atoms with Crippen LogP contribution in [0.15, 0.2) is 42.5 Å². The number of nitrogens with zero attached hydrogens (tertiary/aromatic N) is 1. The molecule has 0 aromatic heterocycles. The molecule has 1 saturated heterocycles. The van der Waals surface area contributed by atoms with Gasteiger partial charge < -0.3 is 20.6 Å². The van der Waals surface area contributed by atoms with Crippen LogP contribution >= 0.6 is 23.2 Å². The van der Waals surface area contributed by atoms with Crippen molar-refractivity contribution in [3.63, 3.8) is 0 Å². The molecule has 0 aliphatic carbocycles. The number of amides is 1. The van der Waals surface area contributed by atoms with Crippen molar-refractivity contribution in [3.05, 3.63) is 52.5 Å². The van der Waals surface area contributed by atoms with E-state index in [1.165, 1.54) is 0 Å². The van der Waals surface area contributed by atoms with E-state index in [1.807, 2.05) is 24.3 Å². The molecule has 7 heteroatoms. The molecule has 2 aromatic rings. The number of hydrogen-bond acceptors (Lipinski definition) is 4. The van der Waals surface area contributed by atoms with Gasteiger partial charge in [-0.15, -0.1) is 0 Å². The van der Waals surface area contributed by atoms with Gasteiger partial charge in [-0.25, -0.2) is 0 Å². The van der Waals surface area contributed by atoms with E-state index in [9.17, 15) is 9.90 Å². The van der Waals surface area contributed by atoms with E-state index >= 15 is 0 Å². The van der Waals surface area contributed by atoms with E-state index in [1.54, 1.807) is 18.2 Å². The Morgan fingerprint density at radius 1 is 1.08 bits per heavy atom. The van der Waals surface area contributed by atoms with Gasteiger partial charge in [-0.05, 0) is 37.1 Å². The van der Waals surface area contributed by atoms with Gasteiger partial charge in [-0.3, -0.25) is 4.79 Å². The summed E-state index contributed by atoms with van der Waals surface area (Å²) in [5.41, 5.74) is 2.41. The Balaban J connectivity index is 1.63. The first-order valence-corrected chi connectivity index (χ1v) is 9.30. The minimum absolute atomic E-state index is 0.107. The van der Waals surface area contributed by atoms with E-state index in [-0.39, 0.29) is 18.6 Å². The summed E-state index contributed by atoms with van der Waals surface area (Å²) in [5, 5.41) is 16.4. The average molecular weight is 394 g/mol. The third-order valence-corrected chi connectivity index (χ3v) is 5.19. The number of piperidine rings is 1. The number of anilines is 3. The van der Waals surface area contributed by atoms with E-state index in [0.717, 1.165) is 37.3 Å². The molecule has 138 valence electrons. The number of para-hydroxylation sites is 2. The summed E-state index contributed by atoms with van der Waals surface area (Å²) in [6.45, 7) is 1.70. The van der Waals surface area contributed by atoms with E-state index in [0.29, 0.717) is 15.7 Å². The molecule has 2 aromatic carbocycles. The summed E-state index contributed by atoms with van der Waals surface area (Å²) in [6.07, 6.45) is 1.28. The fourth-order valence-corrected chi connectivity index (χ4v) is 3.32. The zero-order valence-corrected chi connectivity index (χ0v) is 15.7. The fourth-order valence-electron chi connectivity index (χ4n) is 2.98. The summed E-state index contributed by atoms with van der Waals surface area (Å²) < 4.78 is 0. The highest BCUT2D eigenvalue weighted by atomic mass is 35.5. The molecule has 0 unspecified atom stereocenters. The second-order valence-corrected chi connectivity index (χ2v) is 7.02. The quantitative estimate of drug-likeness (QED) is 0.717. The molecule has 26 heavy (non-hydrogen) atoms. The zero-order chi connectivity index (χ0) is 18.5. The van der Waals surface area contributed by atoms with Gasteiger partial charge in [0.1, 0.15) is 0 Å². The van der Waals surface area contributed by atoms with Crippen molar-refractivity contribution in [2.24, 2.45) is 0 Å². The molecular formula is C19H21Cl2N3O2. The smallest absolute Gasteiger partial charge is 0.243 e. The maximum absolute atomic E-state index is 12.3. The van der Waals surface area contributed by atoms with Gasteiger partial charge in [-0.2, -0.15) is 0 Å². The Morgan fingerprint density at radius 3 is 2.54 bits per heavy atom. The lowest BCUT2D eigenvalue weighted by molar-refractivity contribution is -0.114. The van der Waals surface area contributed by atoms with Crippen LogP contribution in [0.25, 0.3) is 0 Å². The van der Waals surface area contributed by atoms with Gasteiger partial charge in [0.25, 0.3) is 0 Å². The molecule has 1 aliphatic heterocycles. The Hall–Kier alpha value is -1.95. The lowest BCUT2D eigenvalue weighted by Crippen LogP contribution is -2.36. The van der Waals surface area contributed by atoms with Crippen molar-refractivity contribution in [2.75, 3.05) is 35.2 Å². The Bertz CT molecular complexity index is 777. The van der Waals surface area contributed by atoms with Crippen molar-refractivity contribution in [1.82, 2.24) is 0 Å². The van der Waals surface area contributed by atoms with E-state index < -0.39 is 0 Å². The first kappa shape index (κ1) is 18.8. The standard InChI is InChI=1S/C19H21Cl2N3O2/c20-14-4-3-6-16(19(14)21)23-18(26)12-22-15-5-1-2-7-17(15)24-10-8-13(25)9-11-24/h1-7,13,22,25H,8-12H2,(H,23,26). The summed E-state index contributed by atoms with van der Waals surface area (Å²) in [4.78, 5) is 14.5. The number of hydrogen-bond donors (Lipinski definition) is 3. The fraction of sp³-hybridized carbons (Fsp3) is 0.316. The Kier molecular flexibility index (Phi) is 6.25. The number of rotatable bonds is 5. The molecule has 0 bridgehead atoms. The number of halogens is 2. The number of nitrogens with one attached hydrogen (secondary N) is 2. The van der Waals surface area contributed by atoms with Crippen LogP contribution in [0.1, 0.15) is 12.8 Å². The Labute approximate surface area is 162 Å². The lowest BCUT2D eigenvalue weighted by atomic mass is 10.1. The molecule has 1 aliphatic rings. The third kappa shape index (κ3) is 4.61. The first-order valence-electron chi connectivity index (χ1n) is 8.54. The summed E-state index contributed by atoms with van der Waals surface area (Å²) in [6, 6.07) is 13.0. The molecule has 5 nitrogen and oxygen atoms in total. The van der Waals surface area contributed by atoms with E-state index in [4.69, 9.17) is 23.2 Å². The third-order valence-electron chi connectivity index (χ3n) is 4.37. The monoisotopic (exact) mass is 393 g/mol. The van der Waals surface area contributed by atoms with E-state index in [2.05, 4.69) is 15.5 Å². The second-order valence-electron chi connectivity index (χ2n) is 6.24. The maximum Gasteiger partial charge on any atom is 0.243 e. The van der Waals surface area contributed by atoms with Crippen LogP contribution in [-0.2, 0) is 4.79 Å². The number of benzene rings is 2. The second kappa shape index (κ2) is 8.62. The predicted octanol–water partition coefficient (Wildman–Crippen LogP) is 4.01. The highest BCUT2D eigenvalue weighted by molar-refractivity contribution is 6.44. The molecule has 3 N–H and O–H groups in total. The van der Waals surface area contributed by atoms with Crippen LogP contribution in [0.3, 0.4) is 0 Å². The number of aliphatic hydroxyl groups excluding tert-OH is 1. The molecule has 0 saturated carbocycles. The number of carbonyl (C=O) groups excluding carboxylic acids is 1. The lowest BCUT2D eigenvalue weighted by Gasteiger charge is -2.32. The van der Waals surface area contributed by atoms with Crippen molar-refractivity contribution >= 4 is 46.2 Å². The Morgan fingerprint density at radius 2 is 1.77 bits per heavy atom. The first-order chi connectivity index (χ1) is 12.5. The minimum atomic E-state index is -0.223. The van der Waals surface area contributed by atoms with Gasteiger partial charge in [0.2, 0.25) is 5.91 Å². The van der Waals surface area contributed by atoms with Gasteiger partial charge in [0, 0.05) is 13.1 Å². The van der Waals surface area contributed by atoms with Gasteiger partial charge in [0.05, 0.1) is 39.8 Å². The highest BCUT2D eigenvalue weighted by Gasteiger charge is 2.19. The van der Waals surface area contributed by atoms with Crippen LogP contribution < -0.4 is 15.5 Å². The van der Waals surface area contributed by atoms with Crippen LogP contribution in [-0.4, -0.2) is 36.8 Å². The molecule has 1 heterocycles. The largest absolute Gasteiger partial charge is 0.393 e. The van der Waals surface area contributed by atoms with Crippen molar-refractivity contribution in [1.29, 1.82) is 0 Å². The normalized spacial score (nSPS) is 15.0. The van der Waals surface area contributed by atoms with Gasteiger partial charge in [0.15, 0.2) is 0 Å². The molecule has 0 atom stereocenters. The number of aliphatic hydroxyl groups is 1. The van der Waals surface area contributed by atoms with Crippen LogP contribution in [0, 0.1) is 0 Å². The SMILES string of the molecule is O=C(CNc1ccccc1N1CCC(O)CC1)Nc1cccc(Cl)c1Cl. The van der Waals surface area contributed by atoms with Crippen molar-refractivity contribution < 1.29 is 9.90 Å². The highest BCUT2D eigenvalue weighted by Crippen LogP contribution is 2.30. The van der Waals surface area contributed by atoms with Gasteiger partial charge in [-0.1, -0.05) is 41.4 Å². The molecule has 1 fully saturated rings. The minimum Gasteiger partial charge on any atom is -0.393 e. The van der Waals surface area contributed by atoms with Crippen molar-refractivity contribution in [2.45, 2.75) is 18.9 Å². The number of carbonyl (C=O) groups is 1. The molecular weight excluding hydrogens is 373 g/mol. The molecule has 1 amide bonds. The van der Waals surface area contributed by atoms with Gasteiger partial charge >= 0.3 is 0 Å². The van der Waals surface area contributed by atoms with Crippen LogP contribution in [0.2, 0.25) is 10.0 Å². The summed E-state index contributed by atoms with van der Waals surface area (Å²) in [7, 11) is 0. The molecule has 0 spiro atoms. The topological polar surface area (TPSA) is 64.6 Å². The average Bonchev–Trinajstić information content (AvgIpc) is 2.65. The van der Waals surface area contributed by atoms with Crippen LogP contribution in [0.4, 0.5) is 17.1 Å². The predicted molar refractivity (Wildman–Crippen MR) is 107 cm³/mol. The van der Waals surface area contributed by atoms with Crippen LogP contribution in [0.5, 0.6) is 0 Å².